The first-order valence-electron chi connectivity index (χ1n) is 6.16. The van der Waals surface area contributed by atoms with E-state index in [2.05, 4.69) is 10.4 Å². The van der Waals surface area contributed by atoms with Crippen molar-refractivity contribution in [3.63, 3.8) is 0 Å². The lowest BCUT2D eigenvalue weighted by molar-refractivity contribution is 0.783. The molecule has 0 saturated carbocycles. The zero-order chi connectivity index (χ0) is 13.1. The predicted octanol–water partition coefficient (Wildman–Crippen LogP) is 1.54. The van der Waals surface area contributed by atoms with Gasteiger partial charge in [-0.05, 0) is 45.5 Å². The van der Waals surface area contributed by atoms with Crippen LogP contribution >= 0.6 is 0 Å². The second-order valence-electron chi connectivity index (χ2n) is 4.50. The lowest BCUT2D eigenvalue weighted by Crippen LogP contribution is -2.21. The van der Waals surface area contributed by atoms with Gasteiger partial charge in [0.2, 0.25) is 0 Å². The van der Waals surface area contributed by atoms with Crippen LogP contribution in [0.25, 0.3) is 5.69 Å². The Hall–Kier alpha value is -1.81. The zero-order valence-electron chi connectivity index (χ0n) is 11.1. The quantitative estimate of drug-likeness (QED) is 0.858. The minimum Gasteiger partial charge on any atom is -0.319 e. The number of aromatic amines is 1. The van der Waals surface area contributed by atoms with E-state index in [1.165, 1.54) is 0 Å². The maximum absolute atomic E-state index is 12.4. The molecule has 0 aliphatic carbocycles. The summed E-state index contributed by atoms with van der Waals surface area (Å²) in [5, 5.41) is 6.22. The normalized spacial score (nSPS) is 10.8. The van der Waals surface area contributed by atoms with E-state index in [1.54, 1.807) is 4.68 Å². The van der Waals surface area contributed by atoms with Crippen LogP contribution in [0.15, 0.2) is 29.1 Å². The first kappa shape index (κ1) is 12.6. The molecule has 1 aromatic carbocycles. The van der Waals surface area contributed by atoms with Crippen molar-refractivity contribution in [2.24, 2.45) is 0 Å². The minimum atomic E-state index is 0.0528. The van der Waals surface area contributed by atoms with Crippen LogP contribution < -0.4 is 10.9 Å². The van der Waals surface area contributed by atoms with Gasteiger partial charge in [0.05, 0.1) is 5.69 Å². The van der Waals surface area contributed by atoms with E-state index in [0.717, 1.165) is 35.5 Å². The maximum atomic E-state index is 12.4. The molecule has 0 atom stereocenters. The maximum Gasteiger partial charge on any atom is 0.274 e. The Bertz CT molecular complexity index is 595. The number of hydrogen-bond donors (Lipinski definition) is 2. The smallest absolute Gasteiger partial charge is 0.274 e. The number of aromatic nitrogens is 2. The van der Waals surface area contributed by atoms with Crippen molar-refractivity contribution in [1.82, 2.24) is 15.1 Å². The van der Waals surface area contributed by atoms with E-state index in [-0.39, 0.29) is 5.56 Å². The van der Waals surface area contributed by atoms with E-state index in [4.69, 9.17) is 0 Å². The molecule has 4 heteroatoms. The van der Waals surface area contributed by atoms with Crippen LogP contribution in [0.1, 0.15) is 16.8 Å². The molecule has 2 rings (SSSR count). The summed E-state index contributed by atoms with van der Waals surface area (Å²) in [4.78, 5) is 12.4. The molecule has 0 saturated heterocycles. The van der Waals surface area contributed by atoms with Gasteiger partial charge in [0.15, 0.2) is 0 Å². The van der Waals surface area contributed by atoms with Crippen molar-refractivity contribution in [1.29, 1.82) is 0 Å². The van der Waals surface area contributed by atoms with Crippen LogP contribution in [0.3, 0.4) is 0 Å². The van der Waals surface area contributed by atoms with Gasteiger partial charge >= 0.3 is 0 Å². The molecule has 1 heterocycles. The molecule has 0 unspecified atom stereocenters. The van der Waals surface area contributed by atoms with E-state index < -0.39 is 0 Å². The molecule has 2 N–H and O–H groups in total. The van der Waals surface area contributed by atoms with E-state index in [0.29, 0.717) is 0 Å². The number of aryl methyl sites for hydroxylation is 2. The third-order valence-corrected chi connectivity index (χ3v) is 3.17. The molecule has 0 spiro atoms. The lowest BCUT2D eigenvalue weighted by Gasteiger charge is -2.04. The van der Waals surface area contributed by atoms with Gasteiger partial charge in [0, 0.05) is 11.3 Å². The SMILES string of the molecule is CNCCc1c(C)[nH]n(-c2ccccc2C)c1=O. The second-order valence-corrected chi connectivity index (χ2v) is 4.50. The molecule has 0 radical (unpaired) electrons. The Labute approximate surface area is 107 Å². The van der Waals surface area contributed by atoms with Gasteiger partial charge in [-0.15, -0.1) is 0 Å². The van der Waals surface area contributed by atoms with Gasteiger partial charge in [0.1, 0.15) is 0 Å². The largest absolute Gasteiger partial charge is 0.319 e. The number of H-pyrrole nitrogens is 1. The summed E-state index contributed by atoms with van der Waals surface area (Å²) < 4.78 is 1.63. The Balaban J connectivity index is 2.48. The molecule has 0 bridgehead atoms. The van der Waals surface area contributed by atoms with Gasteiger partial charge in [-0.25, -0.2) is 4.68 Å². The van der Waals surface area contributed by atoms with Crippen molar-refractivity contribution in [3.8, 4) is 5.69 Å². The van der Waals surface area contributed by atoms with E-state index in [1.807, 2.05) is 45.2 Å². The Morgan fingerprint density at radius 1 is 1.28 bits per heavy atom. The average molecular weight is 245 g/mol. The Kier molecular flexibility index (Phi) is 3.67. The third kappa shape index (κ3) is 2.24. The highest BCUT2D eigenvalue weighted by atomic mass is 16.1. The van der Waals surface area contributed by atoms with Crippen molar-refractivity contribution in [3.05, 3.63) is 51.4 Å². The summed E-state index contributed by atoms with van der Waals surface area (Å²) in [6, 6.07) is 7.87. The minimum absolute atomic E-state index is 0.0528. The van der Waals surface area contributed by atoms with Gasteiger partial charge in [-0.1, -0.05) is 18.2 Å². The van der Waals surface area contributed by atoms with Gasteiger partial charge < -0.3 is 5.32 Å². The van der Waals surface area contributed by atoms with E-state index >= 15 is 0 Å². The molecule has 1 aromatic heterocycles. The van der Waals surface area contributed by atoms with Crippen LogP contribution in [0.2, 0.25) is 0 Å². The lowest BCUT2D eigenvalue weighted by atomic mass is 10.2. The number of benzene rings is 1. The molecule has 0 aliphatic rings. The summed E-state index contributed by atoms with van der Waals surface area (Å²) in [5.41, 5.74) is 3.85. The van der Waals surface area contributed by atoms with Crippen LogP contribution in [0.5, 0.6) is 0 Å². The van der Waals surface area contributed by atoms with Crippen molar-refractivity contribution < 1.29 is 0 Å². The first-order valence-corrected chi connectivity index (χ1v) is 6.16. The summed E-state index contributed by atoms with van der Waals surface area (Å²) >= 11 is 0. The fraction of sp³-hybridized carbons (Fsp3) is 0.357. The molecular formula is C14H19N3O. The van der Waals surface area contributed by atoms with Gasteiger partial charge in [0.25, 0.3) is 5.56 Å². The van der Waals surface area contributed by atoms with Crippen LogP contribution in [-0.2, 0) is 6.42 Å². The monoisotopic (exact) mass is 245 g/mol. The molecule has 18 heavy (non-hydrogen) atoms. The van der Waals surface area contributed by atoms with Gasteiger partial charge in [-0.3, -0.25) is 9.89 Å². The molecular weight excluding hydrogens is 226 g/mol. The van der Waals surface area contributed by atoms with Crippen LogP contribution in [-0.4, -0.2) is 23.4 Å². The standard InChI is InChI=1S/C14H19N3O/c1-10-6-4-5-7-13(10)17-14(18)12(8-9-15-3)11(2)16-17/h4-7,15-16H,8-9H2,1-3H3. The molecule has 2 aromatic rings. The molecule has 96 valence electrons. The number of rotatable bonds is 4. The molecule has 0 aliphatic heterocycles. The number of hydrogen-bond acceptors (Lipinski definition) is 2. The number of para-hydroxylation sites is 1. The number of nitrogens with one attached hydrogen (secondary N) is 2. The fourth-order valence-electron chi connectivity index (χ4n) is 2.11. The second kappa shape index (κ2) is 5.23. The molecule has 0 fully saturated rings. The Morgan fingerprint density at radius 3 is 2.67 bits per heavy atom. The summed E-state index contributed by atoms with van der Waals surface area (Å²) in [6.07, 6.45) is 0.747. The number of nitrogens with zero attached hydrogens (tertiary/aromatic N) is 1. The third-order valence-electron chi connectivity index (χ3n) is 3.17. The highest BCUT2D eigenvalue weighted by Gasteiger charge is 2.12. The highest BCUT2D eigenvalue weighted by molar-refractivity contribution is 5.40. The van der Waals surface area contributed by atoms with Gasteiger partial charge in [-0.2, -0.15) is 0 Å². The summed E-state index contributed by atoms with van der Waals surface area (Å²) in [6.45, 7) is 4.76. The van der Waals surface area contributed by atoms with Crippen LogP contribution in [0, 0.1) is 13.8 Å². The molecule has 4 nitrogen and oxygen atoms in total. The predicted molar refractivity (Wildman–Crippen MR) is 73.5 cm³/mol. The number of likely N-dealkylation sites (N-methyl/N-ethyl adjacent to an activating group) is 1. The van der Waals surface area contributed by atoms with Crippen LogP contribution in [0.4, 0.5) is 0 Å². The van der Waals surface area contributed by atoms with Crippen molar-refractivity contribution in [2.45, 2.75) is 20.3 Å². The Morgan fingerprint density at radius 2 is 2.00 bits per heavy atom. The first-order chi connectivity index (χ1) is 8.65. The summed E-state index contributed by atoms with van der Waals surface area (Å²) in [7, 11) is 1.89. The molecule has 0 amide bonds. The van der Waals surface area contributed by atoms with Crippen molar-refractivity contribution >= 4 is 0 Å². The van der Waals surface area contributed by atoms with Crippen molar-refractivity contribution in [2.75, 3.05) is 13.6 Å². The topological polar surface area (TPSA) is 49.8 Å². The fourth-order valence-corrected chi connectivity index (χ4v) is 2.11. The van der Waals surface area contributed by atoms with E-state index in [9.17, 15) is 4.79 Å². The summed E-state index contributed by atoms with van der Waals surface area (Å²) in [5.74, 6) is 0. The highest BCUT2D eigenvalue weighted by Crippen LogP contribution is 2.12. The average Bonchev–Trinajstić information content (AvgIpc) is 2.63. The zero-order valence-corrected chi connectivity index (χ0v) is 11.1.